The van der Waals surface area contributed by atoms with Gasteiger partial charge in [-0.25, -0.2) is 0 Å². The predicted molar refractivity (Wildman–Crippen MR) is 124 cm³/mol. The number of fused-ring (bicyclic) bond motifs is 1. The van der Waals surface area contributed by atoms with Crippen LogP contribution >= 0.6 is 0 Å². The van der Waals surface area contributed by atoms with Gasteiger partial charge in [0.1, 0.15) is 5.75 Å². The average Bonchev–Trinajstić information content (AvgIpc) is 3.00. The van der Waals surface area contributed by atoms with Crippen LogP contribution in [0, 0.1) is 0 Å². The topological polar surface area (TPSA) is 28.1 Å². The van der Waals surface area contributed by atoms with Gasteiger partial charge in [0.25, 0.3) is 0 Å². The molecule has 0 saturated heterocycles. The maximum Gasteiger partial charge on any atom is 0.210 e. The Labute approximate surface area is 177 Å². The number of aliphatic imine (C=N–C) groups is 1. The first-order valence-corrected chi connectivity index (χ1v) is 10.5. The van der Waals surface area contributed by atoms with Crippen LogP contribution in [0.5, 0.6) is 5.75 Å². The van der Waals surface area contributed by atoms with E-state index in [1.165, 1.54) is 22.4 Å². The van der Waals surface area contributed by atoms with Crippen LogP contribution in [-0.2, 0) is 0 Å². The maximum absolute atomic E-state index is 5.63. The van der Waals surface area contributed by atoms with E-state index < -0.39 is 0 Å². The van der Waals surface area contributed by atoms with Crippen LogP contribution < -0.4 is 9.64 Å². The van der Waals surface area contributed by atoms with Crippen LogP contribution in [0.3, 0.4) is 0 Å². The summed E-state index contributed by atoms with van der Waals surface area (Å²) in [5, 5.41) is 0. The zero-order valence-corrected chi connectivity index (χ0v) is 17.2. The molecule has 2 aliphatic heterocycles. The number of para-hydroxylation sites is 2. The van der Waals surface area contributed by atoms with Gasteiger partial charge in [0.05, 0.1) is 18.5 Å². The standard InChI is InChI=1S/C26H25N3O/c1-30-25-12-6-5-11-23(25)29-19-24(28-18-8-7-17-27-26(28)29)22-15-13-21(14-16-22)20-9-3-2-4-10-20/h2-6,9-16,19H,7-8,17-18H2,1H3. The fourth-order valence-electron chi connectivity index (χ4n) is 4.13. The van der Waals surface area contributed by atoms with Crippen LogP contribution in [0.1, 0.15) is 18.4 Å². The number of hydrogen-bond donors (Lipinski definition) is 0. The summed E-state index contributed by atoms with van der Waals surface area (Å²) in [5.74, 6) is 1.83. The minimum absolute atomic E-state index is 0.848. The van der Waals surface area contributed by atoms with Crippen molar-refractivity contribution in [2.45, 2.75) is 12.8 Å². The third-order valence-corrected chi connectivity index (χ3v) is 5.67. The molecule has 0 atom stereocenters. The Morgan fingerprint density at radius 3 is 2.27 bits per heavy atom. The second kappa shape index (κ2) is 8.07. The molecule has 4 heteroatoms. The van der Waals surface area contributed by atoms with E-state index in [2.05, 4.69) is 70.6 Å². The number of ether oxygens (including phenoxy) is 1. The minimum Gasteiger partial charge on any atom is -0.495 e. The van der Waals surface area contributed by atoms with Crippen molar-refractivity contribution in [3.63, 3.8) is 0 Å². The first-order chi connectivity index (χ1) is 14.8. The first-order valence-electron chi connectivity index (χ1n) is 10.5. The number of hydrogen-bond acceptors (Lipinski definition) is 4. The number of guanidine groups is 1. The van der Waals surface area contributed by atoms with Crippen molar-refractivity contribution >= 4 is 17.3 Å². The molecule has 0 N–H and O–H groups in total. The van der Waals surface area contributed by atoms with Crippen LogP contribution in [0.15, 0.2) is 90.1 Å². The molecule has 2 aliphatic rings. The fraction of sp³-hybridized carbons (Fsp3) is 0.192. The van der Waals surface area contributed by atoms with Gasteiger partial charge in [-0.15, -0.1) is 0 Å². The zero-order chi connectivity index (χ0) is 20.3. The molecule has 0 unspecified atom stereocenters. The molecule has 0 aromatic heterocycles. The SMILES string of the molecule is COc1ccccc1N1C=C(c2ccc(-c3ccccc3)cc2)N2CCCCN=C21. The van der Waals surface area contributed by atoms with Crippen molar-refractivity contribution in [3.8, 4) is 16.9 Å². The first kappa shape index (κ1) is 18.5. The van der Waals surface area contributed by atoms with Crippen LogP contribution in [0.4, 0.5) is 5.69 Å². The molecule has 0 aliphatic carbocycles. The van der Waals surface area contributed by atoms with Crippen LogP contribution in [-0.4, -0.2) is 31.1 Å². The molecular formula is C26H25N3O. The van der Waals surface area contributed by atoms with E-state index in [9.17, 15) is 0 Å². The molecule has 0 spiro atoms. The molecule has 30 heavy (non-hydrogen) atoms. The van der Waals surface area contributed by atoms with Crippen molar-refractivity contribution in [2.24, 2.45) is 4.99 Å². The molecule has 3 aromatic carbocycles. The van der Waals surface area contributed by atoms with Gasteiger partial charge in [-0.1, -0.05) is 66.7 Å². The summed E-state index contributed by atoms with van der Waals surface area (Å²) in [7, 11) is 1.72. The molecule has 3 aromatic rings. The fourth-order valence-corrected chi connectivity index (χ4v) is 4.13. The second-order valence-corrected chi connectivity index (χ2v) is 7.54. The van der Waals surface area contributed by atoms with Crippen LogP contribution in [0.2, 0.25) is 0 Å². The highest BCUT2D eigenvalue weighted by molar-refractivity contribution is 6.08. The summed E-state index contributed by atoms with van der Waals surface area (Å²) in [6.45, 7) is 1.82. The number of rotatable bonds is 4. The van der Waals surface area contributed by atoms with Crippen molar-refractivity contribution < 1.29 is 4.74 Å². The van der Waals surface area contributed by atoms with E-state index in [0.29, 0.717) is 0 Å². The number of benzene rings is 3. The van der Waals surface area contributed by atoms with Crippen molar-refractivity contribution in [1.29, 1.82) is 0 Å². The summed E-state index contributed by atoms with van der Waals surface area (Å²) in [4.78, 5) is 9.44. The van der Waals surface area contributed by atoms with Gasteiger partial charge in [-0.05, 0) is 41.7 Å². The number of nitrogens with zero attached hydrogens (tertiary/aromatic N) is 3. The Kier molecular flexibility index (Phi) is 4.98. The highest BCUT2D eigenvalue weighted by atomic mass is 16.5. The lowest BCUT2D eigenvalue weighted by molar-refractivity contribution is 0.416. The van der Waals surface area contributed by atoms with Gasteiger partial charge < -0.3 is 9.64 Å². The maximum atomic E-state index is 5.63. The number of anilines is 1. The molecule has 0 saturated carbocycles. The van der Waals surface area contributed by atoms with Gasteiger partial charge in [0.15, 0.2) is 0 Å². The lowest BCUT2D eigenvalue weighted by Gasteiger charge is -2.25. The second-order valence-electron chi connectivity index (χ2n) is 7.54. The molecule has 0 fully saturated rings. The Balaban J connectivity index is 1.55. The predicted octanol–water partition coefficient (Wildman–Crippen LogP) is 5.63. The van der Waals surface area contributed by atoms with Crippen molar-refractivity contribution in [1.82, 2.24) is 4.90 Å². The summed E-state index contributed by atoms with van der Waals surface area (Å²) in [6.07, 6.45) is 4.44. The van der Waals surface area contributed by atoms with Crippen molar-refractivity contribution in [2.75, 3.05) is 25.1 Å². The quantitative estimate of drug-likeness (QED) is 0.573. The Bertz CT molecular complexity index is 1090. The average molecular weight is 396 g/mol. The summed E-state index contributed by atoms with van der Waals surface area (Å²) in [5.41, 5.74) is 5.85. The van der Waals surface area contributed by atoms with Gasteiger partial charge in [-0.3, -0.25) is 9.89 Å². The molecular weight excluding hydrogens is 370 g/mol. The summed E-state index contributed by atoms with van der Waals surface area (Å²) < 4.78 is 5.63. The molecule has 0 radical (unpaired) electrons. The third kappa shape index (κ3) is 3.35. The van der Waals surface area contributed by atoms with E-state index in [4.69, 9.17) is 9.73 Å². The smallest absolute Gasteiger partial charge is 0.210 e. The van der Waals surface area contributed by atoms with E-state index in [-0.39, 0.29) is 0 Å². The molecule has 150 valence electrons. The lowest BCUT2D eigenvalue weighted by Crippen LogP contribution is -2.34. The van der Waals surface area contributed by atoms with Gasteiger partial charge in [0, 0.05) is 19.3 Å². The van der Waals surface area contributed by atoms with Crippen LogP contribution in [0.25, 0.3) is 16.8 Å². The van der Waals surface area contributed by atoms with E-state index >= 15 is 0 Å². The highest BCUT2D eigenvalue weighted by Gasteiger charge is 2.32. The molecule has 0 bridgehead atoms. The Morgan fingerprint density at radius 2 is 1.47 bits per heavy atom. The summed E-state index contributed by atoms with van der Waals surface area (Å²) in [6, 6.07) is 27.4. The Morgan fingerprint density at radius 1 is 0.767 bits per heavy atom. The molecule has 5 rings (SSSR count). The Hall–Kier alpha value is -3.53. The minimum atomic E-state index is 0.848. The largest absolute Gasteiger partial charge is 0.495 e. The summed E-state index contributed by atoms with van der Waals surface area (Å²) >= 11 is 0. The highest BCUT2D eigenvalue weighted by Crippen LogP contribution is 2.37. The van der Waals surface area contributed by atoms with E-state index in [0.717, 1.165) is 43.3 Å². The van der Waals surface area contributed by atoms with Gasteiger partial charge >= 0.3 is 0 Å². The molecule has 2 heterocycles. The third-order valence-electron chi connectivity index (χ3n) is 5.67. The molecule has 4 nitrogen and oxygen atoms in total. The van der Waals surface area contributed by atoms with Gasteiger partial charge in [-0.2, -0.15) is 0 Å². The van der Waals surface area contributed by atoms with E-state index in [1.807, 2.05) is 24.3 Å². The van der Waals surface area contributed by atoms with Crippen molar-refractivity contribution in [3.05, 3.63) is 90.6 Å². The zero-order valence-electron chi connectivity index (χ0n) is 17.2. The molecule has 0 amide bonds. The normalized spacial score (nSPS) is 15.9. The lowest BCUT2D eigenvalue weighted by atomic mass is 10.0. The monoisotopic (exact) mass is 395 g/mol. The number of methoxy groups -OCH3 is 1. The van der Waals surface area contributed by atoms with E-state index in [1.54, 1.807) is 7.11 Å². The van der Waals surface area contributed by atoms with Gasteiger partial charge in [0.2, 0.25) is 5.96 Å².